The summed E-state index contributed by atoms with van der Waals surface area (Å²) < 4.78 is 0. The fraction of sp³-hybridized carbons (Fsp3) is 0.355. The summed E-state index contributed by atoms with van der Waals surface area (Å²) in [6.07, 6.45) is 14.8. The van der Waals surface area contributed by atoms with Crippen LogP contribution < -0.4 is 0 Å². The van der Waals surface area contributed by atoms with Gasteiger partial charge in [0, 0.05) is 17.3 Å². The van der Waals surface area contributed by atoms with E-state index in [-0.39, 0.29) is 10.8 Å². The normalized spacial score (nSPS) is 27.2. The van der Waals surface area contributed by atoms with Crippen molar-refractivity contribution in [3.05, 3.63) is 110 Å². The van der Waals surface area contributed by atoms with Crippen molar-refractivity contribution < 1.29 is 0 Å². The zero-order valence-corrected chi connectivity index (χ0v) is 19.9. The Bertz CT molecular complexity index is 1280. The minimum Gasteiger partial charge on any atom is -0.0587 e. The number of aryl methyl sites for hydroxylation is 1. The Kier molecular flexibility index (Phi) is 3.57. The van der Waals surface area contributed by atoms with Gasteiger partial charge in [-0.1, -0.05) is 94.8 Å². The molecule has 0 N–H and O–H groups in total. The van der Waals surface area contributed by atoms with Gasteiger partial charge >= 0.3 is 0 Å². The fourth-order valence-electron chi connectivity index (χ4n) is 6.42. The molecule has 0 heteroatoms. The van der Waals surface area contributed by atoms with Gasteiger partial charge in [-0.25, -0.2) is 0 Å². The minimum atomic E-state index is 0.0449. The fourth-order valence-corrected chi connectivity index (χ4v) is 6.42. The van der Waals surface area contributed by atoms with Gasteiger partial charge in [-0.2, -0.15) is 0 Å². The smallest absolute Gasteiger partial charge is 0.0205 e. The van der Waals surface area contributed by atoms with Crippen molar-refractivity contribution in [3.63, 3.8) is 0 Å². The first-order valence-corrected chi connectivity index (χ1v) is 11.7. The summed E-state index contributed by atoms with van der Waals surface area (Å²) in [6, 6.07) is 7.06. The third kappa shape index (κ3) is 2.42. The van der Waals surface area contributed by atoms with Crippen molar-refractivity contribution in [1.29, 1.82) is 0 Å². The van der Waals surface area contributed by atoms with E-state index in [4.69, 9.17) is 0 Å². The summed E-state index contributed by atoms with van der Waals surface area (Å²) in [4.78, 5) is 0. The van der Waals surface area contributed by atoms with E-state index in [1.165, 1.54) is 61.3 Å². The molecule has 0 spiro atoms. The van der Waals surface area contributed by atoms with Crippen molar-refractivity contribution in [2.75, 3.05) is 0 Å². The molecule has 31 heavy (non-hydrogen) atoms. The lowest BCUT2D eigenvalue weighted by atomic mass is 9.59. The lowest BCUT2D eigenvalue weighted by Crippen LogP contribution is -2.32. The number of rotatable bonds is 0. The molecule has 0 saturated heterocycles. The van der Waals surface area contributed by atoms with Crippen LogP contribution in [0.2, 0.25) is 0 Å². The molecule has 5 aliphatic rings. The first-order chi connectivity index (χ1) is 14.6. The van der Waals surface area contributed by atoms with Crippen LogP contribution in [0.4, 0.5) is 0 Å². The van der Waals surface area contributed by atoms with Gasteiger partial charge < -0.3 is 0 Å². The molecule has 0 aliphatic heterocycles. The summed E-state index contributed by atoms with van der Waals surface area (Å²) >= 11 is 0. The van der Waals surface area contributed by atoms with Crippen LogP contribution in [-0.2, 0) is 5.41 Å². The molecule has 0 radical (unpaired) electrons. The molecule has 156 valence electrons. The average molecular weight is 405 g/mol. The van der Waals surface area contributed by atoms with Crippen LogP contribution in [0.5, 0.6) is 0 Å². The van der Waals surface area contributed by atoms with Crippen molar-refractivity contribution in [2.24, 2.45) is 17.3 Å². The van der Waals surface area contributed by atoms with Crippen LogP contribution in [0, 0.1) is 24.2 Å². The van der Waals surface area contributed by atoms with Crippen molar-refractivity contribution in [1.82, 2.24) is 0 Å². The second kappa shape index (κ2) is 5.80. The average Bonchev–Trinajstić information content (AvgIpc) is 2.92. The highest BCUT2D eigenvalue weighted by Crippen LogP contribution is 2.60. The summed E-state index contributed by atoms with van der Waals surface area (Å²) in [7, 11) is 0. The van der Waals surface area contributed by atoms with Crippen LogP contribution >= 0.6 is 0 Å². The molecule has 0 amide bonds. The Labute approximate surface area is 187 Å². The van der Waals surface area contributed by atoms with E-state index in [1.54, 1.807) is 0 Å². The molecular weight excluding hydrogens is 372 g/mol. The molecule has 1 aromatic carbocycles. The van der Waals surface area contributed by atoms with Gasteiger partial charge in [0.25, 0.3) is 0 Å². The number of hydrogen-bond donors (Lipinski definition) is 0. The third-order valence-corrected chi connectivity index (χ3v) is 8.17. The standard InChI is InChI=1S/C31H32/c1-17-8-10-22-25(12-17)31(6,7)26-15-20-13-18(2)24-16-21(30(3,4)5)14-19-9-11-23(29(22)26)28(20)27(19)24/h8-16,27-28H,1-7H3. The third-order valence-electron chi connectivity index (χ3n) is 8.17. The molecule has 0 bridgehead atoms. The highest BCUT2D eigenvalue weighted by atomic mass is 14.5. The molecule has 0 saturated carbocycles. The number of hydrogen-bond acceptors (Lipinski definition) is 0. The van der Waals surface area contributed by atoms with Crippen molar-refractivity contribution in [2.45, 2.75) is 53.9 Å². The van der Waals surface area contributed by atoms with Crippen molar-refractivity contribution in [3.8, 4) is 0 Å². The van der Waals surface area contributed by atoms with E-state index in [2.05, 4.69) is 103 Å². The molecular formula is C31H32. The predicted octanol–water partition coefficient (Wildman–Crippen LogP) is 7.95. The first-order valence-electron chi connectivity index (χ1n) is 11.7. The van der Waals surface area contributed by atoms with Gasteiger partial charge in [-0.05, 0) is 75.0 Å². The van der Waals surface area contributed by atoms with E-state index < -0.39 is 0 Å². The Morgan fingerprint density at radius 1 is 0.806 bits per heavy atom. The molecule has 2 atom stereocenters. The van der Waals surface area contributed by atoms with E-state index in [1.807, 2.05) is 0 Å². The van der Waals surface area contributed by atoms with Crippen LogP contribution in [-0.4, -0.2) is 0 Å². The quantitative estimate of drug-likeness (QED) is 0.411. The maximum Gasteiger partial charge on any atom is 0.0205 e. The van der Waals surface area contributed by atoms with Gasteiger partial charge in [0.2, 0.25) is 0 Å². The second-order valence-electron chi connectivity index (χ2n) is 11.6. The van der Waals surface area contributed by atoms with E-state index >= 15 is 0 Å². The maximum atomic E-state index is 2.54. The van der Waals surface area contributed by atoms with E-state index in [0.29, 0.717) is 11.8 Å². The Hall–Kier alpha value is -2.60. The monoisotopic (exact) mass is 404 g/mol. The van der Waals surface area contributed by atoms with Gasteiger partial charge in [0.15, 0.2) is 0 Å². The van der Waals surface area contributed by atoms with E-state index in [9.17, 15) is 0 Å². The highest BCUT2D eigenvalue weighted by molar-refractivity contribution is 5.95. The molecule has 0 nitrogen and oxygen atoms in total. The van der Waals surface area contributed by atoms with Crippen LogP contribution in [0.1, 0.15) is 58.2 Å². The van der Waals surface area contributed by atoms with Crippen LogP contribution in [0.3, 0.4) is 0 Å². The Balaban J connectivity index is 1.65. The molecule has 0 fully saturated rings. The summed E-state index contributed by atoms with van der Waals surface area (Å²) in [5, 5.41) is 0. The predicted molar refractivity (Wildman–Crippen MR) is 132 cm³/mol. The zero-order chi connectivity index (χ0) is 21.9. The van der Waals surface area contributed by atoms with E-state index in [0.717, 1.165) is 0 Å². The second-order valence-corrected chi connectivity index (χ2v) is 11.6. The summed E-state index contributed by atoms with van der Waals surface area (Å²) in [5.74, 6) is 0.892. The Morgan fingerprint density at radius 3 is 2.29 bits per heavy atom. The van der Waals surface area contributed by atoms with Crippen LogP contribution in [0.25, 0.3) is 5.57 Å². The molecule has 5 aliphatic carbocycles. The number of fused-ring (bicyclic) bond motifs is 3. The Morgan fingerprint density at radius 2 is 1.55 bits per heavy atom. The molecule has 0 heterocycles. The van der Waals surface area contributed by atoms with Crippen LogP contribution in [0.15, 0.2) is 93.7 Å². The molecule has 1 aromatic rings. The van der Waals surface area contributed by atoms with Gasteiger partial charge in [-0.15, -0.1) is 0 Å². The molecule has 0 aromatic heterocycles. The SMILES string of the molecule is CC1=C2C=C(C(C)(C)C)C=C3C=CC4=C5C(=CC(=C1)C4C32)C(C)(C)c1cc(C)ccc15. The number of allylic oxidation sites excluding steroid dienone is 14. The zero-order valence-electron chi connectivity index (χ0n) is 19.9. The summed E-state index contributed by atoms with van der Waals surface area (Å²) in [6.45, 7) is 16.3. The molecule has 2 unspecified atom stereocenters. The highest BCUT2D eigenvalue weighted by Gasteiger charge is 2.47. The summed E-state index contributed by atoms with van der Waals surface area (Å²) in [5.41, 5.74) is 16.4. The lowest BCUT2D eigenvalue weighted by molar-refractivity contribution is 0.498. The molecule has 6 rings (SSSR count). The van der Waals surface area contributed by atoms with Gasteiger partial charge in [0.1, 0.15) is 0 Å². The maximum absolute atomic E-state index is 2.54. The largest absolute Gasteiger partial charge is 0.0587 e. The topological polar surface area (TPSA) is 0 Å². The number of benzene rings is 1. The van der Waals surface area contributed by atoms with Gasteiger partial charge in [0.05, 0.1) is 0 Å². The van der Waals surface area contributed by atoms with Gasteiger partial charge in [-0.3, -0.25) is 0 Å². The van der Waals surface area contributed by atoms with Crippen molar-refractivity contribution >= 4 is 5.57 Å². The minimum absolute atomic E-state index is 0.0449. The first kappa shape index (κ1) is 19.1. The lowest BCUT2D eigenvalue weighted by Gasteiger charge is -2.44.